The standard InChI is InChI=1S/C22H23N3O6S/c1-3-29-16-9-7-15(8-10-16)25-20(27)18(21(28)30-4-2)13-24-22(25)32-14-19(26)23-12-17-6-5-11-31-17/h5-11,13H,3-4,12,14H2,1-2H3,(H,23,26). The Kier molecular flexibility index (Phi) is 8.09. The van der Waals surface area contributed by atoms with Gasteiger partial charge in [-0.2, -0.15) is 0 Å². The summed E-state index contributed by atoms with van der Waals surface area (Å²) in [6.45, 7) is 4.42. The van der Waals surface area contributed by atoms with E-state index in [1.165, 1.54) is 17.0 Å². The summed E-state index contributed by atoms with van der Waals surface area (Å²) in [7, 11) is 0. The molecule has 0 aliphatic carbocycles. The molecule has 0 radical (unpaired) electrons. The molecule has 0 spiro atoms. The first-order valence-corrected chi connectivity index (χ1v) is 11.0. The highest BCUT2D eigenvalue weighted by Crippen LogP contribution is 2.21. The summed E-state index contributed by atoms with van der Waals surface area (Å²) in [6, 6.07) is 10.3. The van der Waals surface area contributed by atoms with Crippen LogP contribution in [0.25, 0.3) is 5.69 Å². The number of benzene rings is 1. The maximum atomic E-state index is 13.1. The second-order valence-electron chi connectivity index (χ2n) is 6.39. The molecule has 1 N–H and O–H groups in total. The Balaban J connectivity index is 1.85. The molecule has 0 atom stereocenters. The van der Waals surface area contributed by atoms with Crippen molar-refractivity contribution in [3.8, 4) is 11.4 Å². The van der Waals surface area contributed by atoms with Crippen LogP contribution in [0.2, 0.25) is 0 Å². The van der Waals surface area contributed by atoms with Gasteiger partial charge < -0.3 is 19.2 Å². The van der Waals surface area contributed by atoms with E-state index in [-0.39, 0.29) is 35.5 Å². The van der Waals surface area contributed by atoms with E-state index in [1.54, 1.807) is 43.3 Å². The predicted octanol–water partition coefficient (Wildman–Crippen LogP) is 2.81. The van der Waals surface area contributed by atoms with Crippen LogP contribution in [-0.2, 0) is 16.1 Å². The number of hydrogen-bond acceptors (Lipinski definition) is 8. The highest BCUT2D eigenvalue weighted by Gasteiger charge is 2.19. The second kappa shape index (κ2) is 11.2. The SMILES string of the molecule is CCOC(=O)c1cnc(SCC(=O)NCc2ccco2)n(-c2ccc(OCC)cc2)c1=O. The fourth-order valence-electron chi connectivity index (χ4n) is 2.76. The summed E-state index contributed by atoms with van der Waals surface area (Å²) in [4.78, 5) is 41.8. The third-order valence-corrected chi connectivity index (χ3v) is 5.16. The van der Waals surface area contributed by atoms with E-state index in [4.69, 9.17) is 13.9 Å². The molecular weight excluding hydrogens is 434 g/mol. The van der Waals surface area contributed by atoms with Crippen molar-refractivity contribution in [1.82, 2.24) is 14.9 Å². The summed E-state index contributed by atoms with van der Waals surface area (Å²) in [5.74, 6) is 0.283. The zero-order chi connectivity index (χ0) is 22.9. The Labute approximate surface area is 188 Å². The molecule has 0 bridgehead atoms. The number of nitrogens with zero attached hydrogens (tertiary/aromatic N) is 2. The van der Waals surface area contributed by atoms with Crippen molar-refractivity contribution < 1.29 is 23.5 Å². The molecule has 0 aliphatic heterocycles. The molecule has 0 fully saturated rings. The number of hydrogen-bond donors (Lipinski definition) is 1. The number of amides is 1. The first-order chi connectivity index (χ1) is 15.5. The quantitative estimate of drug-likeness (QED) is 0.281. The summed E-state index contributed by atoms with van der Waals surface area (Å²) < 4.78 is 16.9. The second-order valence-corrected chi connectivity index (χ2v) is 7.33. The minimum atomic E-state index is -0.752. The Bertz CT molecular complexity index is 1110. The van der Waals surface area contributed by atoms with E-state index >= 15 is 0 Å². The fraction of sp³-hybridized carbons (Fsp3) is 0.273. The van der Waals surface area contributed by atoms with Gasteiger partial charge in [0.2, 0.25) is 5.91 Å². The van der Waals surface area contributed by atoms with Crippen molar-refractivity contribution in [2.75, 3.05) is 19.0 Å². The first-order valence-electron chi connectivity index (χ1n) is 9.97. The van der Waals surface area contributed by atoms with Crippen molar-refractivity contribution in [3.63, 3.8) is 0 Å². The smallest absolute Gasteiger partial charge is 0.345 e. The molecule has 3 rings (SSSR count). The van der Waals surface area contributed by atoms with E-state index < -0.39 is 11.5 Å². The predicted molar refractivity (Wildman–Crippen MR) is 118 cm³/mol. The molecule has 10 heteroatoms. The van der Waals surface area contributed by atoms with E-state index in [1.807, 2.05) is 6.92 Å². The summed E-state index contributed by atoms with van der Waals surface area (Å²) in [5, 5.41) is 3.00. The number of esters is 1. The van der Waals surface area contributed by atoms with Crippen molar-refractivity contribution in [1.29, 1.82) is 0 Å². The van der Waals surface area contributed by atoms with Crippen LogP contribution in [0.15, 0.2) is 63.2 Å². The molecule has 168 valence electrons. The summed E-state index contributed by atoms with van der Waals surface area (Å²) in [5.41, 5.74) is -0.288. The lowest BCUT2D eigenvalue weighted by molar-refractivity contribution is -0.118. The Hall–Kier alpha value is -3.53. The minimum absolute atomic E-state index is 0.0168. The number of furan rings is 1. The molecule has 1 aromatic carbocycles. The van der Waals surface area contributed by atoms with Crippen LogP contribution in [0.3, 0.4) is 0 Å². The van der Waals surface area contributed by atoms with Gasteiger partial charge in [-0.1, -0.05) is 11.8 Å². The third kappa shape index (κ3) is 5.79. The van der Waals surface area contributed by atoms with Crippen LogP contribution in [0.4, 0.5) is 0 Å². The monoisotopic (exact) mass is 457 g/mol. The molecular formula is C22H23N3O6S. The molecule has 0 unspecified atom stereocenters. The fourth-order valence-corrected chi connectivity index (χ4v) is 3.56. The molecule has 2 heterocycles. The number of nitrogens with one attached hydrogen (secondary N) is 1. The van der Waals surface area contributed by atoms with E-state index in [2.05, 4.69) is 10.3 Å². The van der Waals surface area contributed by atoms with Crippen LogP contribution < -0.4 is 15.6 Å². The zero-order valence-electron chi connectivity index (χ0n) is 17.7. The Morgan fingerprint density at radius 2 is 1.94 bits per heavy atom. The maximum absolute atomic E-state index is 13.1. The van der Waals surface area contributed by atoms with Gasteiger partial charge in [0.25, 0.3) is 5.56 Å². The van der Waals surface area contributed by atoms with Gasteiger partial charge in [0.05, 0.1) is 43.7 Å². The molecule has 0 aliphatic rings. The Morgan fingerprint density at radius 1 is 1.16 bits per heavy atom. The lowest BCUT2D eigenvalue weighted by Gasteiger charge is -2.13. The van der Waals surface area contributed by atoms with E-state index in [0.717, 1.165) is 11.8 Å². The van der Waals surface area contributed by atoms with E-state index in [0.29, 0.717) is 23.8 Å². The highest BCUT2D eigenvalue weighted by molar-refractivity contribution is 7.99. The van der Waals surface area contributed by atoms with Crippen molar-refractivity contribution >= 4 is 23.6 Å². The average Bonchev–Trinajstić information content (AvgIpc) is 3.31. The molecule has 0 saturated carbocycles. The van der Waals surface area contributed by atoms with Gasteiger partial charge in [0, 0.05) is 0 Å². The number of carbonyl (C=O) groups excluding carboxylic acids is 2. The Morgan fingerprint density at radius 3 is 2.59 bits per heavy atom. The largest absolute Gasteiger partial charge is 0.494 e. The third-order valence-electron chi connectivity index (χ3n) is 4.20. The van der Waals surface area contributed by atoms with Crippen LogP contribution in [-0.4, -0.2) is 40.4 Å². The number of carbonyl (C=O) groups is 2. The molecule has 2 aromatic heterocycles. The van der Waals surface area contributed by atoms with Gasteiger partial charge in [0.15, 0.2) is 5.16 Å². The van der Waals surface area contributed by atoms with Crippen molar-refractivity contribution in [3.05, 3.63) is 70.5 Å². The van der Waals surface area contributed by atoms with Gasteiger partial charge >= 0.3 is 5.97 Å². The lowest BCUT2D eigenvalue weighted by Crippen LogP contribution is -2.29. The topological polar surface area (TPSA) is 113 Å². The normalized spacial score (nSPS) is 10.6. The van der Waals surface area contributed by atoms with Crippen molar-refractivity contribution in [2.24, 2.45) is 0 Å². The number of rotatable bonds is 10. The highest BCUT2D eigenvalue weighted by atomic mass is 32.2. The van der Waals surface area contributed by atoms with Crippen LogP contribution in [0, 0.1) is 0 Å². The lowest BCUT2D eigenvalue weighted by atomic mass is 10.2. The molecule has 32 heavy (non-hydrogen) atoms. The van der Waals surface area contributed by atoms with Gasteiger partial charge in [-0.05, 0) is 50.2 Å². The van der Waals surface area contributed by atoms with Gasteiger partial charge in [-0.3, -0.25) is 14.2 Å². The summed E-state index contributed by atoms with van der Waals surface area (Å²) in [6.07, 6.45) is 2.70. The van der Waals surface area contributed by atoms with Gasteiger partial charge in [-0.15, -0.1) is 0 Å². The van der Waals surface area contributed by atoms with Gasteiger partial charge in [0.1, 0.15) is 17.1 Å². The number of thioether (sulfide) groups is 1. The molecule has 9 nitrogen and oxygen atoms in total. The van der Waals surface area contributed by atoms with Gasteiger partial charge in [-0.25, -0.2) is 9.78 Å². The molecule has 3 aromatic rings. The maximum Gasteiger partial charge on any atom is 0.345 e. The van der Waals surface area contributed by atoms with E-state index in [9.17, 15) is 14.4 Å². The molecule has 1 amide bonds. The van der Waals surface area contributed by atoms with Crippen LogP contribution in [0.5, 0.6) is 5.75 Å². The average molecular weight is 458 g/mol. The molecule has 0 saturated heterocycles. The van der Waals surface area contributed by atoms with Crippen molar-refractivity contribution in [2.45, 2.75) is 25.5 Å². The minimum Gasteiger partial charge on any atom is -0.494 e. The number of aromatic nitrogens is 2. The number of ether oxygens (including phenoxy) is 2. The van der Waals surface area contributed by atoms with Crippen LogP contribution >= 0.6 is 11.8 Å². The zero-order valence-corrected chi connectivity index (χ0v) is 18.5. The summed E-state index contributed by atoms with van der Waals surface area (Å²) >= 11 is 1.08. The first kappa shape index (κ1) is 23.1. The van der Waals surface area contributed by atoms with Crippen LogP contribution in [0.1, 0.15) is 30.0 Å².